The molecule has 0 aliphatic heterocycles. The lowest BCUT2D eigenvalue weighted by Crippen LogP contribution is -2.43. The highest BCUT2D eigenvalue weighted by molar-refractivity contribution is 5.82. The molecule has 274 valence electrons. The number of ether oxygens (including phenoxy) is 4. The van der Waals surface area contributed by atoms with Crippen molar-refractivity contribution in [2.24, 2.45) is 0 Å². The topological polar surface area (TPSA) is 191 Å². The molecule has 15 heteroatoms. The van der Waals surface area contributed by atoms with Gasteiger partial charge in [-0.25, -0.2) is 14.4 Å². The summed E-state index contributed by atoms with van der Waals surface area (Å²) < 4.78 is 20.1. The predicted octanol–water partition coefficient (Wildman–Crippen LogP) is 4.03. The summed E-state index contributed by atoms with van der Waals surface area (Å²) in [5.41, 5.74) is -1.72. The summed E-state index contributed by atoms with van der Waals surface area (Å²) in [6.45, 7) is 21.5. The van der Waals surface area contributed by atoms with Gasteiger partial charge in [-0.3, -0.25) is 14.4 Å². The monoisotopic (exact) mass is 675 g/mol. The molecule has 0 heterocycles. The summed E-state index contributed by atoms with van der Waals surface area (Å²) in [6, 6.07) is 0. The van der Waals surface area contributed by atoms with Gasteiger partial charge in [-0.2, -0.15) is 0 Å². The highest BCUT2D eigenvalue weighted by Crippen LogP contribution is 2.08. The van der Waals surface area contributed by atoms with Crippen molar-refractivity contribution in [1.29, 1.82) is 0 Å². The Morgan fingerprint density at radius 2 is 1.02 bits per heavy atom. The van der Waals surface area contributed by atoms with Crippen molar-refractivity contribution in [3.8, 4) is 0 Å². The molecule has 0 rings (SSSR count). The Morgan fingerprint density at radius 3 is 1.43 bits per heavy atom. The minimum atomic E-state index is -0.614. The van der Waals surface area contributed by atoms with Gasteiger partial charge in [0.25, 0.3) is 0 Å². The number of esters is 1. The molecule has 15 nitrogen and oxygen atoms in total. The Labute approximate surface area is 280 Å². The van der Waals surface area contributed by atoms with Crippen LogP contribution in [0.15, 0.2) is 0 Å². The van der Waals surface area contributed by atoms with E-state index in [2.05, 4.69) is 21.3 Å². The zero-order valence-corrected chi connectivity index (χ0v) is 30.5. The van der Waals surface area contributed by atoms with Crippen molar-refractivity contribution in [3.05, 3.63) is 0 Å². The molecular weight excluding hydrogens is 614 g/mol. The van der Waals surface area contributed by atoms with Crippen LogP contribution in [0.2, 0.25) is 0 Å². The number of nitrogens with zero attached hydrogens (tertiary/aromatic N) is 1. The molecule has 0 atom stereocenters. The Balaban J connectivity index is 0. The number of alkyl carbamates (subject to hydrolysis) is 3. The van der Waals surface area contributed by atoms with E-state index in [0.717, 1.165) is 19.3 Å². The van der Waals surface area contributed by atoms with Crippen LogP contribution in [0.1, 0.15) is 108 Å². The second kappa shape index (κ2) is 23.5. The minimum absolute atomic E-state index is 0.0584. The SMILES string of the molecule is CCC(=O)N(CCNC(=O)OC(C)(C)C)CCNC(=O)OC(C)(C)C.CCOC(=O)CCCCCNC(=O)CNC(=O)OC(C)(C)C. The molecule has 5 amide bonds. The van der Waals surface area contributed by atoms with Gasteiger partial charge in [0, 0.05) is 45.6 Å². The second-order valence-corrected chi connectivity index (χ2v) is 13.4. The van der Waals surface area contributed by atoms with Gasteiger partial charge < -0.3 is 45.1 Å². The molecule has 0 bridgehead atoms. The molecule has 0 saturated carbocycles. The molecule has 0 aromatic heterocycles. The molecule has 0 spiro atoms. The predicted molar refractivity (Wildman–Crippen MR) is 178 cm³/mol. The Hall–Kier alpha value is -3.78. The standard InChI is InChI=1S/C17H33N3O5.C15H28N2O5/c1-8-13(21)20(11-9-18-14(22)24-16(2,3)4)12-10-19-15(23)25-17(5,6)7;1-5-21-13(19)9-7-6-8-10-16-12(18)11-17-14(20)22-15(2,3)4/h8-12H2,1-7H3,(H,18,22)(H,19,23);5-11H2,1-4H3,(H,16,18)(H,17,20). The number of nitrogens with one attached hydrogen (secondary N) is 4. The first-order valence-corrected chi connectivity index (χ1v) is 16.2. The molecule has 4 N–H and O–H groups in total. The van der Waals surface area contributed by atoms with Gasteiger partial charge in [0.05, 0.1) is 13.2 Å². The van der Waals surface area contributed by atoms with Crippen LogP contribution in [0.25, 0.3) is 0 Å². The fraction of sp³-hybridized carbons (Fsp3) is 0.812. The van der Waals surface area contributed by atoms with Gasteiger partial charge >= 0.3 is 24.2 Å². The molecule has 0 aromatic carbocycles. The summed E-state index contributed by atoms with van der Waals surface area (Å²) in [5.74, 6) is -0.513. The number of carbonyl (C=O) groups excluding carboxylic acids is 6. The zero-order chi connectivity index (χ0) is 36.7. The molecule has 0 aliphatic rings. The van der Waals surface area contributed by atoms with Crippen molar-refractivity contribution >= 4 is 36.1 Å². The van der Waals surface area contributed by atoms with E-state index in [9.17, 15) is 28.8 Å². The fourth-order valence-corrected chi connectivity index (χ4v) is 3.36. The minimum Gasteiger partial charge on any atom is -0.466 e. The lowest BCUT2D eigenvalue weighted by Gasteiger charge is -2.24. The molecule has 0 fully saturated rings. The Bertz CT molecular complexity index is 935. The van der Waals surface area contributed by atoms with Gasteiger partial charge in [-0.1, -0.05) is 13.3 Å². The molecule has 0 radical (unpaired) electrons. The quantitative estimate of drug-likeness (QED) is 0.106. The van der Waals surface area contributed by atoms with E-state index in [4.69, 9.17) is 18.9 Å². The lowest BCUT2D eigenvalue weighted by molar-refractivity contribution is -0.143. The average Bonchev–Trinajstić information content (AvgIpc) is 2.90. The number of amides is 5. The van der Waals surface area contributed by atoms with Crippen LogP contribution in [0.5, 0.6) is 0 Å². The highest BCUT2D eigenvalue weighted by atomic mass is 16.6. The molecule has 0 aliphatic carbocycles. The first kappa shape index (κ1) is 45.3. The van der Waals surface area contributed by atoms with Crippen LogP contribution in [-0.2, 0) is 33.3 Å². The summed E-state index contributed by atoms with van der Waals surface area (Å²) >= 11 is 0. The number of carbonyl (C=O) groups is 6. The van der Waals surface area contributed by atoms with Crippen molar-refractivity contribution in [2.75, 3.05) is 45.9 Å². The van der Waals surface area contributed by atoms with Crippen molar-refractivity contribution in [2.45, 2.75) is 125 Å². The third-order valence-corrected chi connectivity index (χ3v) is 5.23. The first-order valence-electron chi connectivity index (χ1n) is 16.2. The van der Waals surface area contributed by atoms with Crippen LogP contribution >= 0.6 is 0 Å². The Kier molecular flexibility index (Phi) is 22.7. The molecular formula is C32H61N5O10. The first-order chi connectivity index (χ1) is 21.6. The largest absolute Gasteiger partial charge is 0.466 e. The maximum atomic E-state index is 12.0. The molecule has 47 heavy (non-hydrogen) atoms. The van der Waals surface area contributed by atoms with E-state index in [0.29, 0.717) is 39.1 Å². The maximum absolute atomic E-state index is 12.0. The third kappa shape index (κ3) is 32.0. The number of hydrogen-bond acceptors (Lipinski definition) is 10. The van der Waals surface area contributed by atoms with Gasteiger partial charge in [-0.15, -0.1) is 0 Å². The van der Waals surface area contributed by atoms with Gasteiger partial charge in [0.15, 0.2) is 0 Å². The average molecular weight is 676 g/mol. The molecule has 0 saturated heterocycles. The number of rotatable bonds is 16. The normalized spacial score (nSPS) is 11.1. The van der Waals surface area contributed by atoms with E-state index in [1.807, 2.05) is 0 Å². The van der Waals surface area contributed by atoms with Crippen molar-refractivity contribution < 1.29 is 47.7 Å². The van der Waals surface area contributed by atoms with Crippen LogP contribution < -0.4 is 21.3 Å². The van der Waals surface area contributed by atoms with E-state index in [-0.39, 0.29) is 37.4 Å². The summed E-state index contributed by atoms with van der Waals surface area (Å²) in [4.78, 5) is 70.7. The second-order valence-electron chi connectivity index (χ2n) is 13.4. The lowest BCUT2D eigenvalue weighted by atomic mass is 10.2. The number of hydrogen-bond donors (Lipinski definition) is 4. The summed E-state index contributed by atoms with van der Waals surface area (Å²) in [6.07, 6.45) is 1.44. The number of unbranched alkanes of at least 4 members (excludes halogenated alkanes) is 2. The van der Waals surface area contributed by atoms with Crippen molar-refractivity contribution in [1.82, 2.24) is 26.2 Å². The fourth-order valence-electron chi connectivity index (χ4n) is 3.36. The third-order valence-electron chi connectivity index (χ3n) is 5.23. The summed E-state index contributed by atoms with van der Waals surface area (Å²) in [5, 5.41) is 10.3. The van der Waals surface area contributed by atoms with Crippen LogP contribution in [-0.4, -0.2) is 104 Å². The smallest absolute Gasteiger partial charge is 0.408 e. The van der Waals surface area contributed by atoms with Crippen LogP contribution in [0.4, 0.5) is 14.4 Å². The zero-order valence-electron chi connectivity index (χ0n) is 30.5. The van der Waals surface area contributed by atoms with E-state index in [1.165, 1.54) is 0 Å². The summed E-state index contributed by atoms with van der Waals surface area (Å²) in [7, 11) is 0. The van der Waals surface area contributed by atoms with E-state index >= 15 is 0 Å². The van der Waals surface area contributed by atoms with Crippen molar-refractivity contribution in [3.63, 3.8) is 0 Å². The maximum Gasteiger partial charge on any atom is 0.408 e. The van der Waals surface area contributed by atoms with E-state index < -0.39 is 35.1 Å². The van der Waals surface area contributed by atoms with Crippen LogP contribution in [0.3, 0.4) is 0 Å². The van der Waals surface area contributed by atoms with Crippen LogP contribution in [0, 0.1) is 0 Å². The molecule has 0 aromatic rings. The van der Waals surface area contributed by atoms with Gasteiger partial charge in [-0.05, 0) is 82.1 Å². The van der Waals surface area contributed by atoms with E-state index in [1.54, 1.807) is 81.1 Å². The Morgan fingerprint density at radius 1 is 0.574 bits per heavy atom. The molecule has 0 unspecified atom stereocenters. The van der Waals surface area contributed by atoms with Gasteiger partial charge in [0.2, 0.25) is 11.8 Å². The highest BCUT2D eigenvalue weighted by Gasteiger charge is 2.19. The van der Waals surface area contributed by atoms with Gasteiger partial charge in [0.1, 0.15) is 16.8 Å².